The summed E-state index contributed by atoms with van der Waals surface area (Å²) >= 11 is 0. The molecule has 2 heteroatoms. The first kappa shape index (κ1) is 10.5. The molecule has 0 aliphatic carbocycles. The van der Waals surface area contributed by atoms with Gasteiger partial charge in [-0.15, -0.1) is 0 Å². The van der Waals surface area contributed by atoms with Gasteiger partial charge in [0.25, 0.3) is 0 Å². The number of hydrogen-bond acceptors (Lipinski definition) is 2. The molecule has 0 saturated heterocycles. The van der Waals surface area contributed by atoms with Crippen molar-refractivity contribution in [1.29, 1.82) is 0 Å². The first-order valence-electron chi connectivity index (χ1n) is 5.57. The van der Waals surface area contributed by atoms with E-state index >= 15 is 0 Å². The fourth-order valence-corrected chi connectivity index (χ4v) is 2.36. The van der Waals surface area contributed by atoms with E-state index in [1.807, 2.05) is 6.07 Å². The second-order valence-electron chi connectivity index (χ2n) is 4.01. The lowest BCUT2D eigenvalue weighted by Gasteiger charge is -2.26. The molecule has 82 valence electrons. The average Bonchev–Trinajstić information content (AvgIpc) is 2.67. The van der Waals surface area contributed by atoms with Crippen LogP contribution in [0.25, 0.3) is 0 Å². The Balaban J connectivity index is 2.47. The third-order valence-corrected chi connectivity index (χ3v) is 3.45. The lowest BCUT2D eigenvalue weighted by molar-refractivity contribution is -0.0440. The number of fused-ring (bicyclic) bond motifs is 1. The van der Waals surface area contributed by atoms with Crippen molar-refractivity contribution in [1.82, 2.24) is 0 Å². The van der Waals surface area contributed by atoms with Crippen LogP contribution in [0.15, 0.2) is 18.2 Å². The van der Waals surface area contributed by atoms with Crippen LogP contribution in [-0.4, -0.2) is 7.11 Å². The molecule has 0 unspecified atom stereocenters. The second-order valence-corrected chi connectivity index (χ2v) is 4.01. The van der Waals surface area contributed by atoms with Gasteiger partial charge in [0, 0.05) is 0 Å². The van der Waals surface area contributed by atoms with Gasteiger partial charge in [0.1, 0.15) is 5.75 Å². The minimum Gasteiger partial charge on any atom is -0.497 e. The molecular weight excluding hydrogens is 188 g/mol. The van der Waals surface area contributed by atoms with Crippen molar-refractivity contribution in [2.45, 2.75) is 38.9 Å². The molecule has 1 heterocycles. The highest BCUT2D eigenvalue weighted by atomic mass is 16.5. The molecule has 1 aromatic carbocycles. The Hall–Kier alpha value is -1.02. The molecule has 1 aliphatic rings. The molecule has 1 aliphatic heterocycles. The molecule has 0 radical (unpaired) electrons. The van der Waals surface area contributed by atoms with Gasteiger partial charge in [-0.2, -0.15) is 0 Å². The molecule has 0 N–H and O–H groups in total. The zero-order valence-electron chi connectivity index (χ0n) is 9.67. The molecule has 2 rings (SSSR count). The summed E-state index contributed by atoms with van der Waals surface area (Å²) in [6.45, 7) is 5.09. The normalized spacial score (nSPS) is 17.5. The van der Waals surface area contributed by atoms with Gasteiger partial charge in [0.05, 0.1) is 19.3 Å². The van der Waals surface area contributed by atoms with E-state index in [0.717, 1.165) is 25.2 Å². The standard InChI is InChI=1S/C13H18O2/c1-4-13(5-2)12-8-11(14-3)7-6-10(12)9-15-13/h6-8H,4-5,9H2,1-3H3. The molecule has 15 heavy (non-hydrogen) atoms. The maximum Gasteiger partial charge on any atom is 0.119 e. The summed E-state index contributed by atoms with van der Waals surface area (Å²) < 4.78 is 11.2. The van der Waals surface area contributed by atoms with Gasteiger partial charge in [0.2, 0.25) is 0 Å². The van der Waals surface area contributed by atoms with Crippen molar-refractivity contribution in [2.24, 2.45) is 0 Å². The van der Waals surface area contributed by atoms with E-state index in [9.17, 15) is 0 Å². The Bertz CT molecular complexity index is 354. The summed E-state index contributed by atoms with van der Waals surface area (Å²) in [7, 11) is 1.71. The summed E-state index contributed by atoms with van der Waals surface area (Å²) in [5.74, 6) is 0.922. The molecule has 0 atom stereocenters. The third kappa shape index (κ3) is 1.53. The fourth-order valence-electron chi connectivity index (χ4n) is 2.36. The average molecular weight is 206 g/mol. The highest BCUT2D eigenvalue weighted by Gasteiger charge is 2.36. The van der Waals surface area contributed by atoms with Crippen LogP contribution in [0.3, 0.4) is 0 Å². The Morgan fingerprint density at radius 1 is 1.33 bits per heavy atom. The summed E-state index contributed by atoms with van der Waals surface area (Å²) in [5.41, 5.74) is 2.54. The third-order valence-electron chi connectivity index (χ3n) is 3.45. The van der Waals surface area contributed by atoms with Gasteiger partial charge in [-0.05, 0) is 36.1 Å². The van der Waals surface area contributed by atoms with Crippen molar-refractivity contribution in [3.63, 3.8) is 0 Å². The van der Waals surface area contributed by atoms with E-state index < -0.39 is 0 Å². The van der Waals surface area contributed by atoms with Crippen LogP contribution in [0, 0.1) is 0 Å². The van der Waals surface area contributed by atoms with E-state index in [2.05, 4.69) is 26.0 Å². The molecule has 0 aromatic heterocycles. The highest BCUT2D eigenvalue weighted by molar-refractivity contribution is 5.41. The van der Waals surface area contributed by atoms with Gasteiger partial charge >= 0.3 is 0 Å². The SMILES string of the molecule is CCC1(CC)OCc2ccc(OC)cc21. The van der Waals surface area contributed by atoms with Crippen LogP contribution < -0.4 is 4.74 Å². The maximum atomic E-state index is 5.95. The van der Waals surface area contributed by atoms with Crippen molar-refractivity contribution in [2.75, 3.05) is 7.11 Å². The monoisotopic (exact) mass is 206 g/mol. The molecule has 0 amide bonds. The fraction of sp³-hybridized carbons (Fsp3) is 0.538. The molecule has 1 aromatic rings. The van der Waals surface area contributed by atoms with Gasteiger partial charge in [0.15, 0.2) is 0 Å². The van der Waals surface area contributed by atoms with Crippen LogP contribution in [0.4, 0.5) is 0 Å². The predicted octanol–water partition coefficient (Wildman–Crippen LogP) is 3.24. The largest absolute Gasteiger partial charge is 0.497 e. The van der Waals surface area contributed by atoms with Gasteiger partial charge in [-0.1, -0.05) is 19.9 Å². The number of ether oxygens (including phenoxy) is 2. The lowest BCUT2D eigenvalue weighted by atomic mass is 9.87. The van der Waals surface area contributed by atoms with Crippen LogP contribution in [0.1, 0.15) is 37.8 Å². The van der Waals surface area contributed by atoms with Gasteiger partial charge in [-0.25, -0.2) is 0 Å². The van der Waals surface area contributed by atoms with Crippen molar-refractivity contribution < 1.29 is 9.47 Å². The Kier molecular flexibility index (Phi) is 2.70. The molecule has 0 fully saturated rings. The van der Waals surface area contributed by atoms with Crippen LogP contribution >= 0.6 is 0 Å². The summed E-state index contributed by atoms with van der Waals surface area (Å²) in [4.78, 5) is 0. The van der Waals surface area contributed by atoms with Crippen LogP contribution in [0.5, 0.6) is 5.75 Å². The van der Waals surface area contributed by atoms with Gasteiger partial charge < -0.3 is 9.47 Å². The Labute approximate surface area is 91.2 Å². The van der Waals surface area contributed by atoms with E-state index in [1.165, 1.54) is 11.1 Å². The van der Waals surface area contributed by atoms with Crippen LogP contribution in [-0.2, 0) is 16.9 Å². The molecule has 0 spiro atoms. The van der Waals surface area contributed by atoms with E-state index in [-0.39, 0.29) is 5.60 Å². The summed E-state index contributed by atoms with van der Waals surface area (Å²) in [5, 5.41) is 0. The minimum atomic E-state index is -0.0795. The number of rotatable bonds is 3. The minimum absolute atomic E-state index is 0.0795. The molecular formula is C13H18O2. The lowest BCUT2D eigenvalue weighted by Crippen LogP contribution is -2.22. The molecule has 2 nitrogen and oxygen atoms in total. The summed E-state index contributed by atoms with van der Waals surface area (Å²) in [6, 6.07) is 6.24. The van der Waals surface area contributed by atoms with Crippen LogP contribution in [0.2, 0.25) is 0 Å². The number of benzene rings is 1. The van der Waals surface area contributed by atoms with Crippen molar-refractivity contribution >= 4 is 0 Å². The number of hydrogen-bond donors (Lipinski definition) is 0. The Morgan fingerprint density at radius 2 is 2.07 bits per heavy atom. The topological polar surface area (TPSA) is 18.5 Å². The van der Waals surface area contributed by atoms with E-state index in [0.29, 0.717) is 0 Å². The highest BCUT2D eigenvalue weighted by Crippen LogP contribution is 2.42. The summed E-state index contributed by atoms with van der Waals surface area (Å²) in [6.07, 6.45) is 2.04. The van der Waals surface area contributed by atoms with Crippen molar-refractivity contribution in [3.05, 3.63) is 29.3 Å². The molecule has 0 saturated carbocycles. The van der Waals surface area contributed by atoms with E-state index in [4.69, 9.17) is 9.47 Å². The second kappa shape index (κ2) is 3.86. The van der Waals surface area contributed by atoms with Crippen molar-refractivity contribution in [3.8, 4) is 5.75 Å². The Morgan fingerprint density at radius 3 is 2.67 bits per heavy atom. The quantitative estimate of drug-likeness (QED) is 0.755. The maximum absolute atomic E-state index is 5.95. The predicted molar refractivity (Wildman–Crippen MR) is 60.0 cm³/mol. The molecule has 0 bridgehead atoms. The first-order chi connectivity index (χ1) is 7.25. The first-order valence-corrected chi connectivity index (χ1v) is 5.57. The smallest absolute Gasteiger partial charge is 0.119 e. The van der Waals surface area contributed by atoms with Gasteiger partial charge in [-0.3, -0.25) is 0 Å². The number of methoxy groups -OCH3 is 1. The zero-order valence-corrected chi connectivity index (χ0v) is 9.67. The van der Waals surface area contributed by atoms with E-state index in [1.54, 1.807) is 7.11 Å². The zero-order chi connectivity index (χ0) is 10.9.